The highest BCUT2D eigenvalue weighted by Gasteiger charge is 2.16. The number of ether oxygens (including phenoxy) is 1. The predicted molar refractivity (Wildman–Crippen MR) is 70.1 cm³/mol. The lowest BCUT2D eigenvalue weighted by molar-refractivity contribution is 0.150. The van der Waals surface area contributed by atoms with Gasteiger partial charge >= 0.3 is 0 Å². The second-order valence-electron chi connectivity index (χ2n) is 5.14. The summed E-state index contributed by atoms with van der Waals surface area (Å²) >= 11 is 0. The van der Waals surface area contributed by atoms with Gasteiger partial charge in [-0.1, -0.05) is 32.0 Å². The minimum atomic E-state index is 0.209. The van der Waals surface area contributed by atoms with E-state index in [0.717, 1.165) is 25.1 Å². The number of phenolic OH excluding ortho intramolecular Hbond substituents is 1. The summed E-state index contributed by atoms with van der Waals surface area (Å²) in [7, 11) is 1.73. The SMILES string of the molecule is COCCC(C)(C)CNCc1ccccc1O. The van der Waals surface area contributed by atoms with Crippen LogP contribution in [0.4, 0.5) is 0 Å². The first kappa shape index (κ1) is 14.0. The van der Waals surface area contributed by atoms with E-state index in [9.17, 15) is 5.11 Å². The number of rotatable bonds is 7. The van der Waals surface area contributed by atoms with Gasteiger partial charge < -0.3 is 15.2 Å². The van der Waals surface area contributed by atoms with E-state index in [1.54, 1.807) is 13.2 Å². The number of phenols is 1. The van der Waals surface area contributed by atoms with Gasteiger partial charge in [-0.05, 0) is 17.9 Å². The predicted octanol–water partition coefficient (Wildman–Crippen LogP) is 2.54. The van der Waals surface area contributed by atoms with Gasteiger partial charge in [-0.3, -0.25) is 0 Å². The molecule has 1 aromatic rings. The van der Waals surface area contributed by atoms with E-state index in [2.05, 4.69) is 19.2 Å². The fourth-order valence-electron chi connectivity index (χ4n) is 1.66. The van der Waals surface area contributed by atoms with E-state index in [1.807, 2.05) is 18.2 Å². The molecule has 0 amide bonds. The Labute approximate surface area is 104 Å². The molecule has 17 heavy (non-hydrogen) atoms. The average Bonchev–Trinajstić information content (AvgIpc) is 2.29. The van der Waals surface area contributed by atoms with Gasteiger partial charge in [0, 0.05) is 32.4 Å². The fraction of sp³-hybridized carbons (Fsp3) is 0.571. The Balaban J connectivity index is 2.35. The van der Waals surface area contributed by atoms with Crippen molar-refractivity contribution in [3.63, 3.8) is 0 Å². The number of hydrogen-bond donors (Lipinski definition) is 2. The van der Waals surface area contributed by atoms with Crippen molar-refractivity contribution >= 4 is 0 Å². The Morgan fingerprint density at radius 3 is 2.65 bits per heavy atom. The third-order valence-corrected chi connectivity index (χ3v) is 2.89. The van der Waals surface area contributed by atoms with Crippen molar-refractivity contribution in [2.24, 2.45) is 5.41 Å². The molecule has 0 unspecified atom stereocenters. The molecule has 0 atom stereocenters. The second-order valence-corrected chi connectivity index (χ2v) is 5.14. The molecule has 0 aliphatic rings. The van der Waals surface area contributed by atoms with Crippen molar-refractivity contribution in [1.29, 1.82) is 0 Å². The smallest absolute Gasteiger partial charge is 0.120 e. The van der Waals surface area contributed by atoms with Gasteiger partial charge in [0.1, 0.15) is 5.75 Å². The molecule has 0 aromatic heterocycles. The Kier molecular flexibility index (Phi) is 5.45. The van der Waals surface area contributed by atoms with E-state index < -0.39 is 0 Å². The van der Waals surface area contributed by atoms with Crippen LogP contribution in [-0.4, -0.2) is 25.4 Å². The molecule has 0 saturated heterocycles. The van der Waals surface area contributed by atoms with Gasteiger partial charge in [0.25, 0.3) is 0 Å². The number of hydrogen-bond acceptors (Lipinski definition) is 3. The molecule has 0 bridgehead atoms. The Bertz CT molecular complexity index is 337. The van der Waals surface area contributed by atoms with E-state index in [4.69, 9.17) is 4.74 Å². The molecule has 3 heteroatoms. The summed E-state index contributed by atoms with van der Waals surface area (Å²) in [6.07, 6.45) is 1.03. The normalized spacial score (nSPS) is 11.7. The topological polar surface area (TPSA) is 41.5 Å². The molecule has 0 aliphatic carbocycles. The minimum Gasteiger partial charge on any atom is -0.508 e. The van der Waals surface area contributed by atoms with E-state index in [1.165, 1.54) is 0 Å². The summed E-state index contributed by atoms with van der Waals surface area (Å²) in [4.78, 5) is 0. The lowest BCUT2D eigenvalue weighted by atomic mass is 9.89. The standard InChI is InChI=1S/C14H23NO2/c1-14(2,8-9-17-3)11-15-10-12-6-4-5-7-13(12)16/h4-7,15-16H,8-11H2,1-3H3. The van der Waals surface area contributed by atoms with Crippen LogP contribution in [0.5, 0.6) is 5.75 Å². The van der Waals surface area contributed by atoms with Crippen LogP contribution in [0, 0.1) is 5.41 Å². The van der Waals surface area contributed by atoms with Gasteiger partial charge in [0.05, 0.1) is 0 Å². The quantitative estimate of drug-likeness (QED) is 0.765. The number of para-hydroxylation sites is 1. The largest absolute Gasteiger partial charge is 0.508 e. The second kappa shape index (κ2) is 6.62. The summed E-state index contributed by atoms with van der Waals surface area (Å²) < 4.78 is 5.09. The van der Waals surface area contributed by atoms with Gasteiger partial charge in [-0.25, -0.2) is 0 Å². The minimum absolute atomic E-state index is 0.209. The summed E-state index contributed by atoms with van der Waals surface area (Å²) in [6, 6.07) is 7.42. The van der Waals surface area contributed by atoms with Crippen LogP contribution < -0.4 is 5.32 Å². The van der Waals surface area contributed by atoms with Crippen LogP contribution in [0.25, 0.3) is 0 Å². The zero-order valence-electron chi connectivity index (χ0n) is 11.0. The fourth-order valence-corrected chi connectivity index (χ4v) is 1.66. The first-order valence-electron chi connectivity index (χ1n) is 6.02. The maximum atomic E-state index is 9.62. The van der Waals surface area contributed by atoms with Gasteiger partial charge in [-0.15, -0.1) is 0 Å². The molecule has 0 heterocycles. The van der Waals surface area contributed by atoms with Crippen molar-refractivity contribution in [2.75, 3.05) is 20.3 Å². The van der Waals surface area contributed by atoms with Gasteiger partial charge in [0.15, 0.2) is 0 Å². The van der Waals surface area contributed by atoms with Gasteiger partial charge in [-0.2, -0.15) is 0 Å². The molecule has 0 radical (unpaired) electrons. The van der Waals surface area contributed by atoms with Gasteiger partial charge in [0.2, 0.25) is 0 Å². The molecule has 0 spiro atoms. The Morgan fingerprint density at radius 2 is 2.00 bits per heavy atom. The van der Waals surface area contributed by atoms with Crippen LogP contribution in [0.2, 0.25) is 0 Å². The van der Waals surface area contributed by atoms with Crippen LogP contribution in [0.1, 0.15) is 25.8 Å². The number of benzene rings is 1. The number of nitrogens with one attached hydrogen (secondary N) is 1. The molecule has 0 saturated carbocycles. The average molecular weight is 237 g/mol. The molecular weight excluding hydrogens is 214 g/mol. The molecule has 1 rings (SSSR count). The number of aromatic hydroxyl groups is 1. The Morgan fingerprint density at radius 1 is 1.29 bits per heavy atom. The van der Waals surface area contributed by atoms with Crippen molar-refractivity contribution in [3.8, 4) is 5.75 Å². The molecule has 2 N–H and O–H groups in total. The van der Waals surface area contributed by atoms with E-state index >= 15 is 0 Å². The lowest BCUT2D eigenvalue weighted by Gasteiger charge is -2.24. The highest BCUT2D eigenvalue weighted by molar-refractivity contribution is 5.31. The third-order valence-electron chi connectivity index (χ3n) is 2.89. The van der Waals surface area contributed by atoms with Crippen molar-refractivity contribution in [2.45, 2.75) is 26.8 Å². The monoisotopic (exact) mass is 237 g/mol. The molecule has 0 fully saturated rings. The van der Waals surface area contributed by atoms with Crippen LogP contribution in [-0.2, 0) is 11.3 Å². The molecule has 96 valence electrons. The summed E-state index contributed by atoms with van der Waals surface area (Å²) in [5.41, 5.74) is 1.15. The molecule has 1 aromatic carbocycles. The van der Waals surface area contributed by atoms with Crippen molar-refractivity contribution in [3.05, 3.63) is 29.8 Å². The zero-order valence-corrected chi connectivity index (χ0v) is 11.0. The Hall–Kier alpha value is -1.06. The maximum absolute atomic E-state index is 9.62. The number of methoxy groups -OCH3 is 1. The van der Waals surface area contributed by atoms with Crippen molar-refractivity contribution in [1.82, 2.24) is 5.32 Å². The highest BCUT2D eigenvalue weighted by Crippen LogP contribution is 2.20. The summed E-state index contributed by atoms with van der Waals surface area (Å²) in [5.74, 6) is 0.356. The first-order valence-corrected chi connectivity index (χ1v) is 6.02. The summed E-state index contributed by atoms with van der Waals surface area (Å²) in [6.45, 7) is 6.81. The van der Waals surface area contributed by atoms with E-state index in [-0.39, 0.29) is 5.41 Å². The van der Waals surface area contributed by atoms with Crippen molar-refractivity contribution < 1.29 is 9.84 Å². The van der Waals surface area contributed by atoms with Crippen LogP contribution >= 0.6 is 0 Å². The van der Waals surface area contributed by atoms with E-state index in [0.29, 0.717) is 12.3 Å². The third kappa shape index (κ3) is 5.20. The van der Waals surface area contributed by atoms with Crippen LogP contribution in [0.3, 0.4) is 0 Å². The van der Waals surface area contributed by atoms with Crippen LogP contribution in [0.15, 0.2) is 24.3 Å². The highest BCUT2D eigenvalue weighted by atomic mass is 16.5. The zero-order chi connectivity index (χ0) is 12.7. The summed E-state index contributed by atoms with van der Waals surface area (Å²) in [5, 5.41) is 13.0. The maximum Gasteiger partial charge on any atom is 0.120 e. The molecular formula is C14H23NO2. The lowest BCUT2D eigenvalue weighted by Crippen LogP contribution is -2.30. The first-order chi connectivity index (χ1) is 8.05. The molecule has 3 nitrogen and oxygen atoms in total. The molecule has 0 aliphatic heterocycles.